The summed E-state index contributed by atoms with van der Waals surface area (Å²) < 4.78 is 7.52. The summed E-state index contributed by atoms with van der Waals surface area (Å²) in [7, 11) is 0. The summed E-state index contributed by atoms with van der Waals surface area (Å²) in [6, 6.07) is 10.1. The van der Waals surface area contributed by atoms with Crippen molar-refractivity contribution in [1.29, 1.82) is 0 Å². The lowest BCUT2D eigenvalue weighted by atomic mass is 10.2. The number of benzene rings is 1. The van der Waals surface area contributed by atoms with Crippen LogP contribution in [0.5, 0.6) is 0 Å². The Kier molecular flexibility index (Phi) is 3.99. The topological polar surface area (TPSA) is 53.1 Å². The van der Waals surface area contributed by atoms with Crippen molar-refractivity contribution in [2.24, 2.45) is 0 Å². The van der Waals surface area contributed by atoms with E-state index in [0.717, 1.165) is 23.6 Å². The Hall–Kier alpha value is -1.81. The highest BCUT2D eigenvalue weighted by Crippen LogP contribution is 2.14. The highest BCUT2D eigenvalue weighted by atomic mass is 16.5. The van der Waals surface area contributed by atoms with Gasteiger partial charge >= 0.3 is 0 Å². The molecule has 1 heterocycles. The van der Waals surface area contributed by atoms with Crippen molar-refractivity contribution in [2.45, 2.75) is 27.0 Å². The van der Waals surface area contributed by atoms with Crippen molar-refractivity contribution >= 4 is 5.69 Å². The monoisotopic (exact) mass is 245 g/mol. The largest absolute Gasteiger partial charge is 0.396 e. The number of nitrogen functional groups attached to an aromatic ring is 1. The van der Waals surface area contributed by atoms with Crippen LogP contribution in [0.2, 0.25) is 0 Å². The minimum Gasteiger partial charge on any atom is -0.396 e. The lowest BCUT2D eigenvalue weighted by molar-refractivity contribution is 0.110. The number of hydrogen-bond donors (Lipinski definition) is 1. The molecule has 0 amide bonds. The third-order valence-electron chi connectivity index (χ3n) is 3.00. The van der Waals surface area contributed by atoms with Gasteiger partial charge in [0.25, 0.3) is 0 Å². The van der Waals surface area contributed by atoms with E-state index >= 15 is 0 Å². The van der Waals surface area contributed by atoms with E-state index in [9.17, 15) is 0 Å². The molecule has 18 heavy (non-hydrogen) atoms. The summed E-state index contributed by atoms with van der Waals surface area (Å²) in [6.45, 7) is 5.90. The Morgan fingerprint density at radius 1 is 1.22 bits per heavy atom. The minimum atomic E-state index is 0.635. The van der Waals surface area contributed by atoms with E-state index in [2.05, 4.69) is 17.2 Å². The molecule has 0 aliphatic rings. The summed E-state index contributed by atoms with van der Waals surface area (Å²) in [5, 5.41) is 4.37. The minimum absolute atomic E-state index is 0.635. The maximum atomic E-state index is 5.87. The predicted molar refractivity (Wildman–Crippen MR) is 72.2 cm³/mol. The van der Waals surface area contributed by atoms with Crippen LogP contribution in [-0.2, 0) is 17.9 Å². The lowest BCUT2D eigenvalue weighted by Crippen LogP contribution is -2.09. The quantitative estimate of drug-likeness (QED) is 0.822. The predicted octanol–water partition coefficient (Wildman–Crippen LogP) is 2.30. The van der Waals surface area contributed by atoms with Crippen molar-refractivity contribution in [2.75, 3.05) is 12.3 Å². The third-order valence-corrected chi connectivity index (χ3v) is 3.00. The summed E-state index contributed by atoms with van der Waals surface area (Å²) >= 11 is 0. The molecule has 0 aliphatic heterocycles. The van der Waals surface area contributed by atoms with E-state index in [1.807, 2.05) is 36.7 Å². The van der Waals surface area contributed by atoms with Crippen molar-refractivity contribution in [3.05, 3.63) is 47.3 Å². The maximum Gasteiger partial charge on any atom is 0.0825 e. The molecule has 0 fully saturated rings. The lowest BCUT2D eigenvalue weighted by Gasteiger charge is -2.06. The van der Waals surface area contributed by atoms with E-state index in [4.69, 9.17) is 10.5 Å². The smallest absolute Gasteiger partial charge is 0.0825 e. The molecular weight excluding hydrogens is 226 g/mol. The number of aryl methyl sites for hydroxylation is 1. The van der Waals surface area contributed by atoms with Crippen molar-refractivity contribution < 1.29 is 4.74 Å². The van der Waals surface area contributed by atoms with Crippen LogP contribution in [0.4, 0.5) is 5.69 Å². The van der Waals surface area contributed by atoms with E-state index in [1.54, 1.807) is 0 Å². The number of nitrogens with zero attached hydrogens (tertiary/aromatic N) is 2. The van der Waals surface area contributed by atoms with Crippen LogP contribution in [-0.4, -0.2) is 16.4 Å². The normalized spacial score (nSPS) is 10.8. The summed E-state index contributed by atoms with van der Waals surface area (Å²) in [4.78, 5) is 0. The molecular formula is C14H19N3O. The Morgan fingerprint density at radius 2 is 1.94 bits per heavy atom. The zero-order valence-electron chi connectivity index (χ0n) is 10.9. The molecule has 0 unspecified atom stereocenters. The Bertz CT molecular complexity index is 505. The average Bonchev–Trinajstić information content (AvgIpc) is 2.64. The maximum absolute atomic E-state index is 5.87. The van der Waals surface area contributed by atoms with Gasteiger partial charge in [-0.1, -0.05) is 30.3 Å². The van der Waals surface area contributed by atoms with Crippen molar-refractivity contribution in [3.63, 3.8) is 0 Å². The van der Waals surface area contributed by atoms with Gasteiger partial charge in [-0.25, -0.2) is 0 Å². The van der Waals surface area contributed by atoms with Crippen LogP contribution >= 0.6 is 0 Å². The number of anilines is 1. The second kappa shape index (κ2) is 5.69. The second-order valence-electron chi connectivity index (χ2n) is 4.35. The van der Waals surface area contributed by atoms with Gasteiger partial charge in [-0.2, -0.15) is 5.10 Å². The van der Waals surface area contributed by atoms with Gasteiger partial charge < -0.3 is 10.5 Å². The summed E-state index contributed by atoms with van der Waals surface area (Å²) in [5.74, 6) is 0. The Balaban J connectivity index is 1.80. The van der Waals surface area contributed by atoms with E-state index in [-0.39, 0.29) is 0 Å². The molecule has 2 N–H and O–H groups in total. The van der Waals surface area contributed by atoms with Crippen LogP contribution in [0.25, 0.3) is 0 Å². The van der Waals surface area contributed by atoms with Gasteiger partial charge in [0.1, 0.15) is 0 Å². The molecule has 0 atom stereocenters. The molecule has 1 aromatic carbocycles. The molecule has 0 spiro atoms. The van der Waals surface area contributed by atoms with Gasteiger partial charge in [-0.3, -0.25) is 4.68 Å². The van der Waals surface area contributed by atoms with Gasteiger partial charge in [0.2, 0.25) is 0 Å². The van der Waals surface area contributed by atoms with Crippen LogP contribution in [0.15, 0.2) is 30.3 Å². The fraction of sp³-hybridized carbons (Fsp3) is 0.357. The second-order valence-corrected chi connectivity index (χ2v) is 4.35. The molecule has 4 heteroatoms. The van der Waals surface area contributed by atoms with Crippen molar-refractivity contribution in [3.8, 4) is 0 Å². The van der Waals surface area contributed by atoms with E-state index < -0.39 is 0 Å². The van der Waals surface area contributed by atoms with E-state index in [0.29, 0.717) is 13.2 Å². The first-order chi connectivity index (χ1) is 8.68. The van der Waals surface area contributed by atoms with Gasteiger partial charge in [0.15, 0.2) is 0 Å². The SMILES string of the molecule is Cc1nn(CCOCc2ccccc2)c(C)c1N. The highest BCUT2D eigenvalue weighted by molar-refractivity contribution is 5.46. The number of hydrogen-bond acceptors (Lipinski definition) is 3. The van der Waals surface area contributed by atoms with Gasteiger partial charge in [-0.05, 0) is 19.4 Å². The van der Waals surface area contributed by atoms with E-state index in [1.165, 1.54) is 5.56 Å². The standard InChI is InChI=1S/C14H19N3O/c1-11-14(15)12(2)17(16-11)8-9-18-10-13-6-4-3-5-7-13/h3-7H,8-10,15H2,1-2H3. The molecule has 1 aromatic heterocycles. The molecule has 0 saturated carbocycles. The number of aromatic nitrogens is 2. The van der Waals surface area contributed by atoms with Crippen LogP contribution in [0.1, 0.15) is 17.0 Å². The Labute approximate surface area is 107 Å². The zero-order valence-corrected chi connectivity index (χ0v) is 10.9. The van der Waals surface area contributed by atoms with Crippen molar-refractivity contribution in [1.82, 2.24) is 9.78 Å². The first-order valence-corrected chi connectivity index (χ1v) is 6.09. The molecule has 0 radical (unpaired) electrons. The highest BCUT2D eigenvalue weighted by Gasteiger charge is 2.07. The molecule has 0 bridgehead atoms. The number of rotatable bonds is 5. The fourth-order valence-electron chi connectivity index (χ4n) is 1.84. The first-order valence-electron chi connectivity index (χ1n) is 6.09. The zero-order chi connectivity index (χ0) is 13.0. The van der Waals surface area contributed by atoms with Crippen LogP contribution in [0.3, 0.4) is 0 Å². The first kappa shape index (κ1) is 12.6. The van der Waals surface area contributed by atoms with Gasteiger partial charge in [0, 0.05) is 0 Å². The number of ether oxygens (including phenoxy) is 1. The van der Waals surface area contributed by atoms with Crippen LogP contribution in [0, 0.1) is 13.8 Å². The summed E-state index contributed by atoms with van der Waals surface area (Å²) in [5.41, 5.74) is 9.73. The molecule has 96 valence electrons. The number of nitrogens with two attached hydrogens (primary N) is 1. The van der Waals surface area contributed by atoms with Crippen LogP contribution < -0.4 is 5.73 Å². The van der Waals surface area contributed by atoms with Gasteiger partial charge in [-0.15, -0.1) is 0 Å². The molecule has 0 saturated heterocycles. The van der Waals surface area contributed by atoms with Gasteiger partial charge in [0.05, 0.1) is 36.8 Å². The average molecular weight is 245 g/mol. The molecule has 4 nitrogen and oxygen atoms in total. The fourth-order valence-corrected chi connectivity index (χ4v) is 1.84. The molecule has 2 rings (SSSR count). The third kappa shape index (κ3) is 2.90. The Morgan fingerprint density at radius 3 is 2.56 bits per heavy atom. The summed E-state index contributed by atoms with van der Waals surface area (Å²) in [6.07, 6.45) is 0. The molecule has 2 aromatic rings. The molecule has 0 aliphatic carbocycles.